The Labute approximate surface area is 486 Å². The maximum atomic E-state index is 5.42. The van der Waals surface area contributed by atoms with Crippen LogP contribution in [0.4, 0.5) is 0 Å². The molecule has 11 aromatic carbocycles. The normalized spacial score (nSPS) is 11.6. The van der Waals surface area contributed by atoms with Crippen LogP contribution in [0.15, 0.2) is 255 Å². The van der Waals surface area contributed by atoms with E-state index in [1.165, 1.54) is 43.8 Å². The summed E-state index contributed by atoms with van der Waals surface area (Å²) < 4.78 is 4.76. The molecular weight excluding hydrogens is 1020 g/mol. The standard InChI is InChI=1S/C76H54N8/c1-47-25-39-65-61(43-47)62-44-48(2)26-40-66(62)83(65)57-33-29-51(30-34-57)69-59(75-79-71(53-17-9-5-10-18-53)77-72(80-75)54-19-11-6-12-20-54)37-38-60(76-81-73(55-21-13-7-14-22-55)78-74(82-76)56-23-15-8-16-24-56)70(69)52-31-35-58(36-32-52)84-67-41-27-49(3)45-63(67)64-46-50(4)28-42-68(64)84/h5-46H,1-4H3. The first-order valence-corrected chi connectivity index (χ1v) is 28.4. The van der Waals surface area contributed by atoms with E-state index in [2.05, 4.69) is 219 Å². The van der Waals surface area contributed by atoms with Gasteiger partial charge in [0.25, 0.3) is 0 Å². The van der Waals surface area contributed by atoms with Crippen LogP contribution in [0.2, 0.25) is 0 Å². The lowest BCUT2D eigenvalue weighted by molar-refractivity contribution is 1.07. The van der Waals surface area contributed by atoms with Gasteiger partial charge >= 0.3 is 0 Å². The Hall–Kier alpha value is -11.0. The molecule has 15 aromatic rings. The van der Waals surface area contributed by atoms with Crippen LogP contribution in [0.1, 0.15) is 22.3 Å². The molecule has 0 saturated carbocycles. The molecule has 0 saturated heterocycles. The minimum absolute atomic E-state index is 0.529. The van der Waals surface area contributed by atoms with Crippen LogP contribution in [-0.4, -0.2) is 39.0 Å². The van der Waals surface area contributed by atoms with Crippen LogP contribution < -0.4 is 0 Å². The highest BCUT2D eigenvalue weighted by Crippen LogP contribution is 2.47. The van der Waals surface area contributed by atoms with Crippen LogP contribution in [-0.2, 0) is 0 Å². The van der Waals surface area contributed by atoms with Gasteiger partial charge in [-0.25, -0.2) is 29.9 Å². The summed E-state index contributed by atoms with van der Waals surface area (Å²) in [7, 11) is 0. The fourth-order valence-electron chi connectivity index (χ4n) is 12.0. The lowest BCUT2D eigenvalue weighted by Gasteiger charge is -2.21. The van der Waals surface area contributed by atoms with Crippen LogP contribution in [0.3, 0.4) is 0 Å². The first kappa shape index (κ1) is 50.0. The van der Waals surface area contributed by atoms with E-state index in [0.717, 1.165) is 89.1 Å². The van der Waals surface area contributed by atoms with E-state index < -0.39 is 0 Å². The van der Waals surface area contributed by atoms with Gasteiger partial charge in [0, 0.05) is 77.4 Å². The molecular formula is C76H54N8. The van der Waals surface area contributed by atoms with Crippen molar-refractivity contribution < 1.29 is 0 Å². The summed E-state index contributed by atoms with van der Waals surface area (Å²) in [6.45, 7) is 8.65. The maximum absolute atomic E-state index is 5.42. The molecule has 0 aliphatic heterocycles. The summed E-state index contributed by atoms with van der Waals surface area (Å²) in [4.78, 5) is 32.0. The molecule has 8 heteroatoms. The largest absolute Gasteiger partial charge is 0.309 e. The Kier molecular flexibility index (Phi) is 12.2. The maximum Gasteiger partial charge on any atom is 0.164 e. The Morgan fingerprint density at radius 3 is 0.738 bits per heavy atom. The molecule has 4 aromatic heterocycles. The van der Waals surface area contributed by atoms with Gasteiger partial charge in [-0.3, -0.25) is 0 Å². The summed E-state index contributed by atoms with van der Waals surface area (Å²) in [5.41, 5.74) is 20.5. The number of rotatable bonds is 10. The fourth-order valence-corrected chi connectivity index (χ4v) is 12.0. The van der Waals surface area contributed by atoms with Crippen LogP contribution in [0.5, 0.6) is 0 Å². The van der Waals surface area contributed by atoms with E-state index in [1.807, 2.05) is 72.8 Å². The average molecular weight is 1080 g/mol. The zero-order valence-electron chi connectivity index (χ0n) is 46.8. The lowest BCUT2D eigenvalue weighted by atomic mass is 9.86. The predicted octanol–water partition coefficient (Wildman–Crippen LogP) is 18.8. The van der Waals surface area contributed by atoms with Crippen LogP contribution >= 0.6 is 0 Å². The van der Waals surface area contributed by atoms with E-state index in [-0.39, 0.29) is 0 Å². The van der Waals surface area contributed by atoms with E-state index in [4.69, 9.17) is 29.9 Å². The van der Waals surface area contributed by atoms with Gasteiger partial charge in [0.15, 0.2) is 34.9 Å². The van der Waals surface area contributed by atoms with E-state index in [0.29, 0.717) is 34.9 Å². The van der Waals surface area contributed by atoms with Gasteiger partial charge in [0.05, 0.1) is 22.1 Å². The second-order valence-electron chi connectivity index (χ2n) is 21.8. The summed E-state index contributed by atoms with van der Waals surface area (Å²) in [6, 6.07) is 89.9. The molecule has 0 aliphatic carbocycles. The number of fused-ring (bicyclic) bond motifs is 6. The minimum atomic E-state index is 0.529. The third-order valence-corrected chi connectivity index (χ3v) is 16.1. The summed E-state index contributed by atoms with van der Waals surface area (Å²) in [5.74, 6) is 3.34. The zero-order valence-corrected chi connectivity index (χ0v) is 46.8. The van der Waals surface area contributed by atoms with Crippen molar-refractivity contribution >= 4 is 43.6 Å². The molecule has 0 amide bonds. The molecule has 0 N–H and O–H groups in total. The van der Waals surface area contributed by atoms with Crippen molar-refractivity contribution in [2.45, 2.75) is 27.7 Å². The van der Waals surface area contributed by atoms with Gasteiger partial charge in [-0.2, -0.15) is 0 Å². The van der Waals surface area contributed by atoms with Crippen molar-refractivity contribution in [1.29, 1.82) is 0 Å². The number of nitrogens with zero attached hydrogens (tertiary/aromatic N) is 8. The summed E-state index contributed by atoms with van der Waals surface area (Å²) >= 11 is 0. The number of aromatic nitrogens is 8. The molecule has 4 heterocycles. The third-order valence-electron chi connectivity index (χ3n) is 16.1. The van der Waals surface area contributed by atoms with E-state index >= 15 is 0 Å². The van der Waals surface area contributed by atoms with Gasteiger partial charge in [0.1, 0.15) is 0 Å². The smallest absolute Gasteiger partial charge is 0.164 e. The second-order valence-corrected chi connectivity index (χ2v) is 21.8. The van der Waals surface area contributed by atoms with Gasteiger partial charge in [0.2, 0.25) is 0 Å². The zero-order chi connectivity index (χ0) is 56.4. The highest BCUT2D eigenvalue weighted by molar-refractivity contribution is 6.11. The van der Waals surface area contributed by atoms with Crippen molar-refractivity contribution in [2.24, 2.45) is 0 Å². The fraction of sp³-hybridized carbons (Fsp3) is 0.0526. The Morgan fingerprint density at radius 1 is 0.226 bits per heavy atom. The SMILES string of the molecule is Cc1ccc2c(c1)c1cc(C)ccc1n2-c1ccc(-c2c(-c3nc(-c4ccccc4)nc(-c4ccccc4)n3)ccc(-c3nc(-c4ccccc4)nc(-c4ccccc4)n3)c2-c2ccc(-n3c4ccc(C)cc4c4cc(C)ccc43)cc2)cc1. The molecule has 0 atom stereocenters. The monoisotopic (exact) mass is 1080 g/mol. The Balaban J connectivity index is 1.03. The first-order chi connectivity index (χ1) is 41.3. The Morgan fingerprint density at radius 2 is 0.476 bits per heavy atom. The number of hydrogen-bond acceptors (Lipinski definition) is 6. The predicted molar refractivity (Wildman–Crippen MR) is 344 cm³/mol. The van der Waals surface area contributed by atoms with Gasteiger partial charge in [-0.15, -0.1) is 0 Å². The van der Waals surface area contributed by atoms with Crippen molar-refractivity contribution in [3.8, 4) is 102 Å². The number of aryl methyl sites for hydroxylation is 4. The summed E-state index contributed by atoms with van der Waals surface area (Å²) in [6.07, 6.45) is 0. The molecule has 398 valence electrons. The molecule has 15 rings (SSSR count). The van der Waals surface area contributed by atoms with Gasteiger partial charge in [-0.1, -0.05) is 192 Å². The highest BCUT2D eigenvalue weighted by Gasteiger charge is 2.26. The van der Waals surface area contributed by atoms with Crippen molar-refractivity contribution in [1.82, 2.24) is 39.0 Å². The van der Waals surface area contributed by atoms with E-state index in [9.17, 15) is 0 Å². The minimum Gasteiger partial charge on any atom is -0.309 e. The van der Waals surface area contributed by atoms with Crippen LogP contribution in [0.25, 0.3) is 146 Å². The van der Waals surface area contributed by atoms with Gasteiger partial charge in [-0.05, 0) is 124 Å². The highest BCUT2D eigenvalue weighted by atomic mass is 15.0. The Bertz CT molecular complexity index is 4460. The van der Waals surface area contributed by atoms with Gasteiger partial charge < -0.3 is 9.13 Å². The molecule has 0 unspecified atom stereocenters. The number of hydrogen-bond donors (Lipinski definition) is 0. The van der Waals surface area contributed by atoms with Crippen LogP contribution in [0, 0.1) is 27.7 Å². The second kappa shape index (κ2) is 20.5. The van der Waals surface area contributed by atoms with E-state index in [1.54, 1.807) is 0 Å². The molecule has 0 aliphatic rings. The van der Waals surface area contributed by atoms with Crippen molar-refractivity contribution in [2.75, 3.05) is 0 Å². The lowest BCUT2D eigenvalue weighted by Crippen LogP contribution is -2.04. The molecule has 0 fully saturated rings. The molecule has 0 bridgehead atoms. The quantitative estimate of drug-likeness (QED) is 0.136. The average Bonchev–Trinajstić information content (AvgIpc) is 1.95. The van der Waals surface area contributed by atoms with Crippen molar-refractivity contribution in [3.05, 3.63) is 277 Å². The third kappa shape index (κ3) is 8.89. The topological polar surface area (TPSA) is 87.2 Å². The molecule has 84 heavy (non-hydrogen) atoms. The molecule has 0 radical (unpaired) electrons. The van der Waals surface area contributed by atoms with Crippen molar-refractivity contribution in [3.63, 3.8) is 0 Å². The first-order valence-electron chi connectivity index (χ1n) is 28.4. The summed E-state index contributed by atoms with van der Waals surface area (Å²) in [5, 5.41) is 4.91. The molecule has 0 spiro atoms. The number of benzene rings is 11. The molecule has 8 nitrogen and oxygen atoms in total.